The molecule has 0 unspecified atom stereocenters. The Balaban J connectivity index is 2.91. The van der Waals surface area contributed by atoms with Gasteiger partial charge in [0, 0.05) is 6.54 Å². The van der Waals surface area contributed by atoms with E-state index in [-0.39, 0.29) is 0 Å². The standard InChI is InChI=1S/C9H19NO/c1-3-5-7-10-9-11-8-6-4-2/h9H,3-8H2,1-2H3. The van der Waals surface area contributed by atoms with Gasteiger partial charge >= 0.3 is 0 Å². The van der Waals surface area contributed by atoms with Gasteiger partial charge in [-0.15, -0.1) is 0 Å². The molecule has 0 aliphatic rings. The van der Waals surface area contributed by atoms with Gasteiger partial charge in [-0.05, 0) is 12.8 Å². The minimum Gasteiger partial charge on any atom is -0.483 e. The molecule has 0 aromatic rings. The van der Waals surface area contributed by atoms with Gasteiger partial charge in [-0.1, -0.05) is 26.7 Å². The van der Waals surface area contributed by atoms with Crippen molar-refractivity contribution in [2.24, 2.45) is 4.99 Å². The molecule has 0 aliphatic carbocycles. The maximum Gasteiger partial charge on any atom is 0.169 e. The Morgan fingerprint density at radius 2 is 1.91 bits per heavy atom. The Hall–Kier alpha value is -0.530. The van der Waals surface area contributed by atoms with Gasteiger partial charge in [-0.25, -0.2) is 0 Å². The number of rotatable bonds is 7. The number of ether oxygens (including phenoxy) is 1. The molecule has 2 nitrogen and oxygen atoms in total. The molecule has 0 heterocycles. The highest BCUT2D eigenvalue weighted by Crippen LogP contribution is 1.87. The molecular formula is C9H19NO. The van der Waals surface area contributed by atoms with Crippen LogP contribution in [0.3, 0.4) is 0 Å². The molecule has 0 aliphatic heterocycles. The largest absolute Gasteiger partial charge is 0.483 e. The molecule has 0 N–H and O–H groups in total. The lowest BCUT2D eigenvalue weighted by Gasteiger charge is -1.96. The summed E-state index contributed by atoms with van der Waals surface area (Å²) in [5, 5.41) is 0. The summed E-state index contributed by atoms with van der Waals surface area (Å²) >= 11 is 0. The van der Waals surface area contributed by atoms with Crippen LogP contribution in [-0.2, 0) is 4.74 Å². The normalized spacial score (nSPS) is 10.7. The van der Waals surface area contributed by atoms with Gasteiger partial charge in [-0.3, -0.25) is 4.99 Å². The number of hydrogen-bond acceptors (Lipinski definition) is 2. The highest BCUT2D eigenvalue weighted by molar-refractivity contribution is 5.45. The molecule has 0 spiro atoms. The Morgan fingerprint density at radius 3 is 2.55 bits per heavy atom. The summed E-state index contributed by atoms with van der Waals surface area (Å²) in [5.74, 6) is 0. The molecular weight excluding hydrogens is 138 g/mol. The van der Waals surface area contributed by atoms with Crippen molar-refractivity contribution in [2.75, 3.05) is 13.2 Å². The topological polar surface area (TPSA) is 21.6 Å². The van der Waals surface area contributed by atoms with Crippen LogP contribution in [0.2, 0.25) is 0 Å². The molecule has 0 aromatic heterocycles. The molecule has 0 rings (SSSR count). The quantitative estimate of drug-likeness (QED) is 0.316. The van der Waals surface area contributed by atoms with Crippen molar-refractivity contribution in [3.8, 4) is 0 Å². The van der Waals surface area contributed by atoms with Crippen molar-refractivity contribution in [1.82, 2.24) is 0 Å². The summed E-state index contributed by atoms with van der Waals surface area (Å²) in [6.07, 6.45) is 6.26. The summed E-state index contributed by atoms with van der Waals surface area (Å²) in [6, 6.07) is 0. The second-order valence-corrected chi connectivity index (χ2v) is 2.59. The molecule has 0 saturated heterocycles. The van der Waals surface area contributed by atoms with Crippen molar-refractivity contribution in [1.29, 1.82) is 0 Å². The smallest absolute Gasteiger partial charge is 0.169 e. The lowest BCUT2D eigenvalue weighted by atomic mass is 10.3. The Kier molecular flexibility index (Phi) is 9.01. The van der Waals surface area contributed by atoms with E-state index in [1.165, 1.54) is 12.8 Å². The van der Waals surface area contributed by atoms with Gasteiger partial charge in [0.25, 0.3) is 0 Å². The van der Waals surface area contributed by atoms with Gasteiger partial charge in [-0.2, -0.15) is 0 Å². The number of nitrogens with zero attached hydrogens (tertiary/aromatic N) is 1. The lowest BCUT2D eigenvalue weighted by molar-refractivity contribution is 0.310. The SMILES string of the molecule is CCCCN=COCCCC. The van der Waals surface area contributed by atoms with E-state index >= 15 is 0 Å². The van der Waals surface area contributed by atoms with E-state index in [0.29, 0.717) is 0 Å². The van der Waals surface area contributed by atoms with Crippen LogP contribution < -0.4 is 0 Å². The fraction of sp³-hybridized carbons (Fsp3) is 0.889. The zero-order valence-corrected chi connectivity index (χ0v) is 7.68. The van der Waals surface area contributed by atoms with Crippen LogP contribution in [-0.4, -0.2) is 19.6 Å². The first-order valence-electron chi connectivity index (χ1n) is 4.51. The van der Waals surface area contributed by atoms with E-state index in [9.17, 15) is 0 Å². The van der Waals surface area contributed by atoms with Crippen molar-refractivity contribution >= 4 is 6.40 Å². The summed E-state index contributed by atoms with van der Waals surface area (Å²) in [5.41, 5.74) is 0. The summed E-state index contributed by atoms with van der Waals surface area (Å²) in [7, 11) is 0. The summed E-state index contributed by atoms with van der Waals surface area (Å²) in [6.45, 7) is 6.03. The molecule has 0 amide bonds. The van der Waals surface area contributed by atoms with Crippen LogP contribution >= 0.6 is 0 Å². The first kappa shape index (κ1) is 10.5. The number of aliphatic imine (C=N–C) groups is 1. The van der Waals surface area contributed by atoms with Gasteiger partial charge in [0.15, 0.2) is 6.40 Å². The van der Waals surface area contributed by atoms with Crippen molar-refractivity contribution in [3.05, 3.63) is 0 Å². The van der Waals surface area contributed by atoms with E-state index in [0.717, 1.165) is 26.0 Å². The summed E-state index contributed by atoms with van der Waals surface area (Å²) in [4.78, 5) is 4.09. The van der Waals surface area contributed by atoms with E-state index in [1.807, 2.05) is 0 Å². The van der Waals surface area contributed by atoms with Crippen LogP contribution in [0.25, 0.3) is 0 Å². The summed E-state index contributed by atoms with van der Waals surface area (Å²) < 4.78 is 5.13. The Morgan fingerprint density at radius 1 is 1.18 bits per heavy atom. The predicted molar refractivity (Wildman–Crippen MR) is 49.1 cm³/mol. The van der Waals surface area contributed by atoms with Crippen LogP contribution in [0, 0.1) is 0 Å². The molecule has 2 heteroatoms. The third kappa shape index (κ3) is 9.47. The lowest BCUT2D eigenvalue weighted by Crippen LogP contribution is -1.91. The second-order valence-electron chi connectivity index (χ2n) is 2.59. The first-order valence-corrected chi connectivity index (χ1v) is 4.51. The minimum atomic E-state index is 0.812. The molecule has 0 saturated carbocycles. The maximum absolute atomic E-state index is 5.13. The van der Waals surface area contributed by atoms with Crippen LogP contribution in [0.4, 0.5) is 0 Å². The van der Waals surface area contributed by atoms with Crippen LogP contribution in [0.5, 0.6) is 0 Å². The highest BCUT2D eigenvalue weighted by atomic mass is 16.5. The molecule has 66 valence electrons. The molecule has 0 radical (unpaired) electrons. The zero-order chi connectivity index (χ0) is 8.36. The molecule has 0 fully saturated rings. The number of unbranched alkanes of at least 4 members (excludes halogenated alkanes) is 2. The molecule has 0 aromatic carbocycles. The van der Waals surface area contributed by atoms with Gasteiger partial charge in [0.2, 0.25) is 0 Å². The molecule has 0 bridgehead atoms. The Bertz CT molecular complexity index is 91.6. The third-order valence-electron chi connectivity index (χ3n) is 1.41. The van der Waals surface area contributed by atoms with Gasteiger partial charge in [0.1, 0.15) is 0 Å². The average molecular weight is 157 g/mol. The molecule has 11 heavy (non-hydrogen) atoms. The van der Waals surface area contributed by atoms with Crippen LogP contribution in [0.15, 0.2) is 4.99 Å². The van der Waals surface area contributed by atoms with E-state index < -0.39 is 0 Å². The fourth-order valence-electron chi connectivity index (χ4n) is 0.635. The molecule has 0 atom stereocenters. The minimum absolute atomic E-state index is 0.812. The number of hydrogen-bond donors (Lipinski definition) is 0. The average Bonchev–Trinajstić information content (AvgIpc) is 2.03. The Labute approximate surface area is 69.7 Å². The van der Waals surface area contributed by atoms with E-state index in [1.54, 1.807) is 6.40 Å². The third-order valence-corrected chi connectivity index (χ3v) is 1.41. The van der Waals surface area contributed by atoms with Gasteiger partial charge in [0.05, 0.1) is 6.61 Å². The van der Waals surface area contributed by atoms with Crippen molar-refractivity contribution in [2.45, 2.75) is 39.5 Å². The fourth-order valence-corrected chi connectivity index (χ4v) is 0.635. The van der Waals surface area contributed by atoms with Gasteiger partial charge < -0.3 is 4.74 Å². The van der Waals surface area contributed by atoms with E-state index in [4.69, 9.17) is 4.74 Å². The first-order chi connectivity index (χ1) is 5.41. The maximum atomic E-state index is 5.13. The van der Waals surface area contributed by atoms with Crippen molar-refractivity contribution < 1.29 is 4.74 Å². The highest BCUT2D eigenvalue weighted by Gasteiger charge is 1.80. The van der Waals surface area contributed by atoms with Crippen molar-refractivity contribution in [3.63, 3.8) is 0 Å². The predicted octanol–water partition coefficient (Wildman–Crippen LogP) is 2.63. The van der Waals surface area contributed by atoms with E-state index in [2.05, 4.69) is 18.8 Å². The monoisotopic (exact) mass is 157 g/mol. The zero-order valence-electron chi connectivity index (χ0n) is 7.68. The second kappa shape index (κ2) is 9.47. The van der Waals surface area contributed by atoms with Crippen LogP contribution in [0.1, 0.15) is 39.5 Å².